The summed E-state index contributed by atoms with van der Waals surface area (Å²) in [6.07, 6.45) is 6.12. The summed E-state index contributed by atoms with van der Waals surface area (Å²) in [4.78, 5) is 31.2. The highest BCUT2D eigenvalue weighted by atomic mass is 16.5. The van der Waals surface area contributed by atoms with E-state index in [9.17, 15) is 9.59 Å². The molecule has 1 aromatic carbocycles. The van der Waals surface area contributed by atoms with Crippen molar-refractivity contribution in [1.29, 1.82) is 0 Å². The monoisotopic (exact) mass is 494 g/mol. The largest absolute Gasteiger partial charge is 0.461 e. The smallest absolute Gasteiger partial charge is 0.340 e. The average molecular weight is 495 g/mol. The number of hydrogen-bond donors (Lipinski definition) is 0. The molecule has 2 saturated heterocycles. The number of piperidine rings is 2. The molecule has 0 bridgehead atoms. The fourth-order valence-electron chi connectivity index (χ4n) is 6.28. The molecule has 2 aromatic heterocycles. The molecular formula is C29H38N2O5. The molecule has 0 aliphatic carbocycles. The van der Waals surface area contributed by atoms with Gasteiger partial charge in [-0.15, -0.1) is 0 Å². The van der Waals surface area contributed by atoms with Gasteiger partial charge in [0.25, 0.3) is 0 Å². The second-order valence-electron chi connectivity index (χ2n) is 10.6. The molecule has 2 aliphatic heterocycles. The molecule has 0 radical (unpaired) electrons. The molecule has 3 aromatic rings. The van der Waals surface area contributed by atoms with Gasteiger partial charge in [0.2, 0.25) is 5.91 Å². The van der Waals surface area contributed by atoms with Gasteiger partial charge in [-0.1, -0.05) is 6.42 Å². The lowest BCUT2D eigenvalue weighted by atomic mass is 9.83. The minimum absolute atomic E-state index is 0.0360. The van der Waals surface area contributed by atoms with Crippen LogP contribution in [0, 0.1) is 26.7 Å². The molecule has 0 saturated carbocycles. The summed E-state index contributed by atoms with van der Waals surface area (Å²) in [6, 6.07) is 4.36. The zero-order valence-corrected chi connectivity index (χ0v) is 22.0. The van der Waals surface area contributed by atoms with E-state index in [0.29, 0.717) is 41.8 Å². The third-order valence-electron chi connectivity index (χ3n) is 8.51. The van der Waals surface area contributed by atoms with Crippen LogP contribution < -0.4 is 5.63 Å². The van der Waals surface area contributed by atoms with Crippen LogP contribution in [0.5, 0.6) is 0 Å². The second-order valence-corrected chi connectivity index (χ2v) is 10.6. The van der Waals surface area contributed by atoms with Crippen molar-refractivity contribution in [2.45, 2.75) is 65.3 Å². The Balaban J connectivity index is 1.42. The van der Waals surface area contributed by atoms with Crippen LogP contribution in [0.2, 0.25) is 0 Å². The zero-order valence-electron chi connectivity index (χ0n) is 22.0. The number of ether oxygens (including phenoxy) is 1. The number of fused-ring (bicyclic) bond motifs is 3. The number of nitrogens with zero attached hydrogens (tertiary/aromatic N) is 2. The average Bonchev–Trinajstić information content (AvgIpc) is 3.15. The molecule has 2 aliphatic rings. The van der Waals surface area contributed by atoms with E-state index in [1.165, 1.54) is 38.8 Å². The second kappa shape index (κ2) is 10.4. The van der Waals surface area contributed by atoms with Crippen LogP contribution in [0.1, 0.15) is 54.6 Å². The number of aryl methyl sites for hydroxylation is 3. The van der Waals surface area contributed by atoms with Gasteiger partial charge in [0.15, 0.2) is 0 Å². The molecule has 0 spiro atoms. The van der Waals surface area contributed by atoms with Crippen LogP contribution in [0.25, 0.3) is 21.9 Å². The lowest BCUT2D eigenvalue weighted by molar-refractivity contribution is -0.132. The molecule has 2 fully saturated rings. The van der Waals surface area contributed by atoms with E-state index in [0.717, 1.165) is 40.6 Å². The lowest BCUT2D eigenvalue weighted by Crippen LogP contribution is -2.52. The van der Waals surface area contributed by atoms with Crippen LogP contribution in [-0.4, -0.2) is 61.6 Å². The molecule has 2 atom stereocenters. The van der Waals surface area contributed by atoms with Crippen LogP contribution in [-0.2, 0) is 16.0 Å². The van der Waals surface area contributed by atoms with E-state index in [2.05, 4.69) is 4.90 Å². The first-order valence-electron chi connectivity index (χ1n) is 13.3. The summed E-state index contributed by atoms with van der Waals surface area (Å²) in [5, 5.41) is 1.85. The van der Waals surface area contributed by atoms with Crippen molar-refractivity contribution in [3.63, 3.8) is 0 Å². The summed E-state index contributed by atoms with van der Waals surface area (Å²) in [6.45, 7) is 9.95. The molecule has 5 rings (SSSR count). The fraction of sp³-hybridized carbons (Fsp3) is 0.586. The first kappa shape index (κ1) is 25.0. The summed E-state index contributed by atoms with van der Waals surface area (Å²) in [7, 11) is 1.66. The minimum atomic E-state index is -0.449. The molecule has 0 unspecified atom stereocenters. The summed E-state index contributed by atoms with van der Waals surface area (Å²) >= 11 is 0. The van der Waals surface area contributed by atoms with Gasteiger partial charge >= 0.3 is 5.63 Å². The zero-order chi connectivity index (χ0) is 25.4. The highest BCUT2D eigenvalue weighted by Gasteiger charge is 2.35. The van der Waals surface area contributed by atoms with Gasteiger partial charge in [0, 0.05) is 43.1 Å². The molecule has 1 amide bonds. The first-order valence-corrected chi connectivity index (χ1v) is 13.3. The Morgan fingerprint density at radius 1 is 1.03 bits per heavy atom. The third-order valence-corrected chi connectivity index (χ3v) is 8.51. The van der Waals surface area contributed by atoms with Crippen molar-refractivity contribution in [3.05, 3.63) is 45.0 Å². The van der Waals surface area contributed by atoms with Gasteiger partial charge in [-0.2, -0.15) is 0 Å². The molecule has 7 nitrogen and oxygen atoms in total. The van der Waals surface area contributed by atoms with E-state index < -0.39 is 5.63 Å². The molecular weight excluding hydrogens is 456 g/mol. The third kappa shape index (κ3) is 4.71. The lowest BCUT2D eigenvalue weighted by Gasteiger charge is -2.45. The Labute approximate surface area is 212 Å². The number of benzene rings is 1. The standard InChI is InChI=1S/C29H38N2O5/c1-18-20(3)35-26-16-27-23(14-22(18)26)19(2)24(29(33)36-27)15-28(32)31(12-13-34-4)17-21-8-7-11-30-10-6-5-9-25(21)30/h14,16,21,25H,5-13,15,17H2,1-4H3/t21-,25+/m0/s1. The van der Waals surface area contributed by atoms with E-state index >= 15 is 0 Å². The number of amides is 1. The molecule has 0 N–H and O–H groups in total. The van der Waals surface area contributed by atoms with Gasteiger partial charge in [-0.3, -0.25) is 4.79 Å². The highest BCUT2D eigenvalue weighted by molar-refractivity contribution is 5.97. The first-order chi connectivity index (χ1) is 17.4. The van der Waals surface area contributed by atoms with Gasteiger partial charge in [0.1, 0.15) is 16.9 Å². The van der Waals surface area contributed by atoms with Gasteiger partial charge in [-0.25, -0.2) is 4.79 Å². The van der Waals surface area contributed by atoms with E-state index in [1.54, 1.807) is 13.2 Å². The quantitative estimate of drug-likeness (QED) is 0.442. The Morgan fingerprint density at radius 2 is 1.78 bits per heavy atom. The summed E-state index contributed by atoms with van der Waals surface area (Å²) in [5.41, 5.74) is 3.07. The number of hydrogen-bond acceptors (Lipinski definition) is 6. The maximum atomic E-state index is 13.6. The Kier molecular flexibility index (Phi) is 7.22. The van der Waals surface area contributed by atoms with Crippen molar-refractivity contribution in [3.8, 4) is 0 Å². The molecule has 194 valence electrons. The van der Waals surface area contributed by atoms with Gasteiger partial charge in [-0.05, 0) is 82.7 Å². The molecule has 4 heterocycles. The Bertz CT molecular complexity index is 1320. The molecule has 36 heavy (non-hydrogen) atoms. The maximum Gasteiger partial charge on any atom is 0.340 e. The van der Waals surface area contributed by atoms with Crippen LogP contribution in [0.3, 0.4) is 0 Å². The van der Waals surface area contributed by atoms with Crippen LogP contribution in [0.4, 0.5) is 0 Å². The number of carbonyl (C=O) groups excluding carboxylic acids is 1. The van der Waals surface area contributed by atoms with Gasteiger partial charge < -0.3 is 23.4 Å². The summed E-state index contributed by atoms with van der Waals surface area (Å²) < 4.78 is 16.9. The van der Waals surface area contributed by atoms with Crippen LogP contribution >= 0.6 is 0 Å². The number of methoxy groups -OCH3 is 1. The molecule has 7 heteroatoms. The van der Waals surface area contributed by atoms with Crippen molar-refractivity contribution < 1.29 is 18.4 Å². The predicted molar refractivity (Wildman–Crippen MR) is 141 cm³/mol. The Hall–Kier alpha value is -2.64. The normalized spacial score (nSPS) is 20.7. The summed E-state index contributed by atoms with van der Waals surface area (Å²) in [5.74, 6) is 1.28. The predicted octanol–water partition coefficient (Wildman–Crippen LogP) is 4.75. The van der Waals surface area contributed by atoms with E-state index in [1.807, 2.05) is 31.7 Å². The SMILES string of the molecule is COCCN(C[C@@H]1CCCN2CCCC[C@H]12)C(=O)Cc1c(C)c2cc3c(C)c(C)oc3cc2oc1=O. The van der Waals surface area contributed by atoms with E-state index in [4.69, 9.17) is 13.6 Å². The number of rotatable bonds is 7. The topological polar surface area (TPSA) is 76.1 Å². The van der Waals surface area contributed by atoms with Crippen molar-refractivity contribution in [1.82, 2.24) is 9.80 Å². The van der Waals surface area contributed by atoms with E-state index in [-0.39, 0.29) is 12.3 Å². The number of furan rings is 1. The fourth-order valence-corrected chi connectivity index (χ4v) is 6.28. The minimum Gasteiger partial charge on any atom is -0.461 e. The van der Waals surface area contributed by atoms with Crippen LogP contribution in [0.15, 0.2) is 25.8 Å². The highest BCUT2D eigenvalue weighted by Crippen LogP contribution is 2.33. The maximum absolute atomic E-state index is 13.6. The van der Waals surface area contributed by atoms with Gasteiger partial charge in [0.05, 0.1) is 18.6 Å². The van der Waals surface area contributed by atoms with Crippen molar-refractivity contribution >= 4 is 27.8 Å². The van der Waals surface area contributed by atoms with Crippen molar-refractivity contribution in [2.75, 3.05) is 39.9 Å². The van der Waals surface area contributed by atoms with Crippen molar-refractivity contribution in [2.24, 2.45) is 5.92 Å². The Morgan fingerprint density at radius 3 is 2.58 bits per heavy atom. The number of carbonyl (C=O) groups is 1.